The minimum absolute atomic E-state index is 0.138. The number of amides is 1. The lowest BCUT2D eigenvalue weighted by molar-refractivity contribution is -0.115. The summed E-state index contributed by atoms with van der Waals surface area (Å²) in [7, 11) is -3.42. The summed E-state index contributed by atoms with van der Waals surface area (Å²) < 4.78 is 22.4. The Kier molecular flexibility index (Phi) is 4.11. The van der Waals surface area contributed by atoms with E-state index in [2.05, 4.69) is 10.3 Å². The number of sulfone groups is 1. The van der Waals surface area contributed by atoms with Crippen molar-refractivity contribution in [2.24, 2.45) is 0 Å². The maximum Gasteiger partial charge on any atom is 0.242 e. The molecule has 1 atom stereocenters. The predicted molar refractivity (Wildman–Crippen MR) is 66.9 cm³/mol. The van der Waals surface area contributed by atoms with Crippen LogP contribution in [0.4, 0.5) is 5.69 Å². The van der Waals surface area contributed by atoms with Gasteiger partial charge in [-0.25, -0.2) is 13.4 Å². The van der Waals surface area contributed by atoms with Crippen LogP contribution in [0.3, 0.4) is 0 Å². The third kappa shape index (κ3) is 3.41. The summed E-state index contributed by atoms with van der Waals surface area (Å²) in [4.78, 5) is 15.5. The number of carbonyl (C=O) groups excluding carboxylic acids is 1. The summed E-state index contributed by atoms with van der Waals surface area (Å²) in [6.07, 6.45) is 2.52. The minimum atomic E-state index is -3.42. The second-order valence-electron chi connectivity index (χ2n) is 3.75. The van der Waals surface area contributed by atoms with Crippen molar-refractivity contribution in [1.29, 1.82) is 0 Å². The average Bonchev–Trinajstić information content (AvgIpc) is 2.21. The van der Waals surface area contributed by atoms with Gasteiger partial charge in [0.1, 0.15) is 5.25 Å². The van der Waals surface area contributed by atoms with Crippen molar-refractivity contribution < 1.29 is 13.2 Å². The normalized spacial score (nSPS) is 13.2. The first-order valence-corrected chi connectivity index (χ1v) is 7.17. The quantitative estimate of drug-likeness (QED) is 0.847. The SMILES string of the molecule is Cc1ccnc(Cl)c1NC(=O)C(C)S(C)(=O)=O. The number of aromatic nitrogens is 1. The van der Waals surface area contributed by atoms with Gasteiger partial charge in [-0.15, -0.1) is 0 Å². The van der Waals surface area contributed by atoms with E-state index >= 15 is 0 Å². The van der Waals surface area contributed by atoms with Gasteiger partial charge in [0, 0.05) is 12.5 Å². The van der Waals surface area contributed by atoms with Crippen molar-refractivity contribution in [2.75, 3.05) is 11.6 Å². The fraction of sp³-hybridized carbons (Fsp3) is 0.400. The third-order valence-electron chi connectivity index (χ3n) is 2.37. The summed E-state index contributed by atoms with van der Waals surface area (Å²) in [5.74, 6) is -0.620. The fourth-order valence-electron chi connectivity index (χ4n) is 1.09. The van der Waals surface area contributed by atoms with Crippen LogP contribution in [0, 0.1) is 6.92 Å². The van der Waals surface area contributed by atoms with Crippen LogP contribution < -0.4 is 5.32 Å². The molecule has 0 saturated carbocycles. The van der Waals surface area contributed by atoms with Crippen LogP contribution in [-0.2, 0) is 14.6 Å². The van der Waals surface area contributed by atoms with E-state index in [9.17, 15) is 13.2 Å². The molecule has 0 saturated heterocycles. The molecule has 1 aromatic rings. The number of anilines is 1. The molecule has 0 bridgehead atoms. The molecule has 5 nitrogen and oxygen atoms in total. The zero-order chi connectivity index (χ0) is 13.2. The molecule has 1 N–H and O–H groups in total. The molecule has 0 aliphatic rings. The second-order valence-corrected chi connectivity index (χ2v) is 6.48. The van der Waals surface area contributed by atoms with Crippen molar-refractivity contribution in [2.45, 2.75) is 19.1 Å². The van der Waals surface area contributed by atoms with E-state index in [1.165, 1.54) is 13.1 Å². The molecular formula is C10H13ClN2O3S. The van der Waals surface area contributed by atoms with E-state index in [1.807, 2.05) is 0 Å². The summed E-state index contributed by atoms with van der Waals surface area (Å²) in [6, 6.07) is 1.67. The van der Waals surface area contributed by atoms with Crippen LogP contribution >= 0.6 is 11.6 Å². The van der Waals surface area contributed by atoms with Crippen molar-refractivity contribution in [3.63, 3.8) is 0 Å². The van der Waals surface area contributed by atoms with E-state index in [0.29, 0.717) is 5.69 Å². The van der Waals surface area contributed by atoms with Crippen LogP contribution in [0.15, 0.2) is 12.3 Å². The highest BCUT2D eigenvalue weighted by molar-refractivity contribution is 7.92. The number of hydrogen-bond acceptors (Lipinski definition) is 4. The number of carbonyl (C=O) groups is 1. The first-order valence-electron chi connectivity index (χ1n) is 4.84. The molecular weight excluding hydrogens is 264 g/mol. The number of aryl methyl sites for hydroxylation is 1. The molecule has 0 aliphatic heterocycles. The lowest BCUT2D eigenvalue weighted by atomic mass is 10.2. The van der Waals surface area contributed by atoms with Gasteiger partial charge in [0.25, 0.3) is 0 Å². The van der Waals surface area contributed by atoms with Gasteiger partial charge in [0.05, 0.1) is 5.69 Å². The van der Waals surface area contributed by atoms with Crippen molar-refractivity contribution in [3.05, 3.63) is 23.0 Å². The van der Waals surface area contributed by atoms with Crippen molar-refractivity contribution in [3.8, 4) is 0 Å². The van der Waals surface area contributed by atoms with Crippen LogP contribution in [-0.4, -0.2) is 30.8 Å². The highest BCUT2D eigenvalue weighted by atomic mass is 35.5. The number of hydrogen-bond donors (Lipinski definition) is 1. The van der Waals surface area contributed by atoms with E-state index in [4.69, 9.17) is 11.6 Å². The number of nitrogens with one attached hydrogen (secondary N) is 1. The maximum absolute atomic E-state index is 11.7. The molecule has 1 unspecified atom stereocenters. The van der Waals surface area contributed by atoms with Crippen molar-refractivity contribution >= 4 is 33.0 Å². The van der Waals surface area contributed by atoms with E-state index in [0.717, 1.165) is 11.8 Å². The summed E-state index contributed by atoms with van der Waals surface area (Å²) in [6.45, 7) is 3.07. The number of halogens is 1. The van der Waals surface area contributed by atoms with Crippen LogP contribution in [0.2, 0.25) is 5.15 Å². The molecule has 0 spiro atoms. The molecule has 1 aromatic heterocycles. The van der Waals surface area contributed by atoms with Gasteiger partial charge in [0.15, 0.2) is 15.0 Å². The van der Waals surface area contributed by atoms with Gasteiger partial charge in [0.2, 0.25) is 5.91 Å². The zero-order valence-corrected chi connectivity index (χ0v) is 11.3. The van der Waals surface area contributed by atoms with E-state index < -0.39 is 21.0 Å². The number of rotatable bonds is 3. The van der Waals surface area contributed by atoms with Crippen molar-refractivity contribution in [1.82, 2.24) is 4.98 Å². The summed E-state index contributed by atoms with van der Waals surface area (Å²) in [5.41, 5.74) is 1.06. The first kappa shape index (κ1) is 13.9. The van der Waals surface area contributed by atoms with Gasteiger partial charge in [-0.1, -0.05) is 11.6 Å². The van der Waals surface area contributed by atoms with Crippen LogP contribution in [0.1, 0.15) is 12.5 Å². The Balaban J connectivity index is 2.97. The molecule has 0 radical (unpaired) electrons. The smallest absolute Gasteiger partial charge is 0.242 e. The molecule has 7 heteroatoms. The lowest BCUT2D eigenvalue weighted by Gasteiger charge is -2.12. The Hall–Kier alpha value is -1.14. The molecule has 0 fully saturated rings. The van der Waals surface area contributed by atoms with Crippen LogP contribution in [0.25, 0.3) is 0 Å². The van der Waals surface area contributed by atoms with Gasteiger partial charge in [-0.3, -0.25) is 4.79 Å². The molecule has 1 amide bonds. The molecule has 1 heterocycles. The Morgan fingerprint density at radius 3 is 2.59 bits per heavy atom. The number of pyridine rings is 1. The molecule has 0 aromatic carbocycles. The molecule has 0 aliphatic carbocycles. The van der Waals surface area contributed by atoms with Crippen LogP contribution in [0.5, 0.6) is 0 Å². The maximum atomic E-state index is 11.7. The third-order valence-corrected chi connectivity index (χ3v) is 4.16. The molecule has 17 heavy (non-hydrogen) atoms. The summed E-state index contributed by atoms with van der Waals surface area (Å²) >= 11 is 5.82. The van der Waals surface area contributed by atoms with E-state index in [1.54, 1.807) is 13.0 Å². The van der Waals surface area contributed by atoms with E-state index in [-0.39, 0.29) is 5.15 Å². The highest BCUT2D eigenvalue weighted by Crippen LogP contribution is 2.23. The second kappa shape index (κ2) is 5.01. The Labute approximate surface area is 105 Å². The predicted octanol–water partition coefficient (Wildman–Crippen LogP) is 1.42. The Bertz CT molecular complexity index is 522. The monoisotopic (exact) mass is 276 g/mol. The summed E-state index contributed by atoms with van der Waals surface area (Å²) in [5, 5.41) is 1.48. The topological polar surface area (TPSA) is 76.1 Å². The Morgan fingerprint density at radius 1 is 1.53 bits per heavy atom. The Morgan fingerprint density at radius 2 is 2.12 bits per heavy atom. The zero-order valence-electron chi connectivity index (χ0n) is 9.69. The highest BCUT2D eigenvalue weighted by Gasteiger charge is 2.24. The lowest BCUT2D eigenvalue weighted by Crippen LogP contribution is -2.32. The molecule has 94 valence electrons. The number of nitrogens with zero attached hydrogens (tertiary/aromatic N) is 1. The minimum Gasteiger partial charge on any atom is -0.322 e. The standard InChI is InChI=1S/C10H13ClN2O3S/c1-6-4-5-12-9(11)8(6)13-10(14)7(2)17(3,15)16/h4-5,7H,1-3H3,(H,13,14). The fourth-order valence-corrected chi connectivity index (χ4v) is 1.79. The van der Waals surface area contributed by atoms with Gasteiger partial charge < -0.3 is 5.32 Å². The first-order chi connectivity index (χ1) is 7.73. The average molecular weight is 277 g/mol. The van der Waals surface area contributed by atoms with Gasteiger partial charge in [-0.2, -0.15) is 0 Å². The van der Waals surface area contributed by atoms with Gasteiger partial charge in [-0.05, 0) is 25.5 Å². The molecule has 1 rings (SSSR count). The largest absolute Gasteiger partial charge is 0.322 e. The van der Waals surface area contributed by atoms with Gasteiger partial charge >= 0.3 is 0 Å².